The van der Waals surface area contributed by atoms with Gasteiger partial charge in [0, 0.05) is 0 Å². The van der Waals surface area contributed by atoms with E-state index >= 15 is 0 Å². The molecule has 0 aliphatic carbocycles. The standard InChI is InChI=1S/C20H15NO3/c22-20(21-10-12-23-13-11-21)24-14-16-5-3-7-19-17-6-2-1-4-15(17)8-9-18(16)19/h1-13H,14H2. The largest absolute Gasteiger partial charge is 0.470 e. The number of hydrogen-bond donors (Lipinski definition) is 0. The summed E-state index contributed by atoms with van der Waals surface area (Å²) in [5.41, 5.74) is 0.979. The number of rotatable bonds is 2. The molecule has 4 heteroatoms. The molecule has 0 saturated heterocycles. The van der Waals surface area contributed by atoms with E-state index in [9.17, 15) is 4.79 Å². The van der Waals surface area contributed by atoms with Crippen molar-refractivity contribution in [1.29, 1.82) is 0 Å². The number of amides is 1. The van der Waals surface area contributed by atoms with Crippen LogP contribution in [0.3, 0.4) is 0 Å². The van der Waals surface area contributed by atoms with Crippen LogP contribution in [0.1, 0.15) is 5.56 Å². The summed E-state index contributed by atoms with van der Waals surface area (Å²) < 4.78 is 10.3. The number of fused-ring (bicyclic) bond motifs is 3. The van der Waals surface area contributed by atoms with Crippen molar-refractivity contribution in [2.24, 2.45) is 0 Å². The SMILES string of the molecule is O=C(OCc1cccc2c1ccc1ccccc12)N1C=COC=C1. The molecule has 4 nitrogen and oxygen atoms in total. The molecule has 0 radical (unpaired) electrons. The molecule has 0 N–H and O–H groups in total. The van der Waals surface area contributed by atoms with Gasteiger partial charge in [0.15, 0.2) is 0 Å². The number of carbonyl (C=O) groups is 1. The maximum atomic E-state index is 12.1. The van der Waals surface area contributed by atoms with Gasteiger partial charge in [-0.25, -0.2) is 4.79 Å². The third-order valence-corrected chi connectivity index (χ3v) is 4.04. The first-order chi connectivity index (χ1) is 11.8. The molecule has 0 saturated carbocycles. The first-order valence-electron chi connectivity index (χ1n) is 7.66. The maximum absolute atomic E-state index is 12.1. The number of hydrogen-bond acceptors (Lipinski definition) is 3. The summed E-state index contributed by atoms with van der Waals surface area (Å²) in [7, 11) is 0. The van der Waals surface area contributed by atoms with Crippen LogP contribution in [0.4, 0.5) is 4.79 Å². The molecular formula is C20H15NO3. The van der Waals surface area contributed by atoms with Gasteiger partial charge in [0.05, 0.1) is 12.4 Å². The zero-order valence-electron chi connectivity index (χ0n) is 12.9. The van der Waals surface area contributed by atoms with E-state index in [1.165, 1.54) is 40.6 Å². The van der Waals surface area contributed by atoms with Gasteiger partial charge in [-0.2, -0.15) is 0 Å². The average Bonchev–Trinajstić information content (AvgIpc) is 2.66. The lowest BCUT2D eigenvalue weighted by Gasteiger charge is -2.16. The van der Waals surface area contributed by atoms with Crippen LogP contribution in [0.25, 0.3) is 21.5 Å². The molecule has 1 aliphatic heterocycles. The highest BCUT2D eigenvalue weighted by atomic mass is 16.6. The van der Waals surface area contributed by atoms with Gasteiger partial charge in [0.1, 0.15) is 19.1 Å². The second-order valence-corrected chi connectivity index (χ2v) is 5.47. The predicted octanol–water partition coefficient (Wildman–Crippen LogP) is 4.90. The van der Waals surface area contributed by atoms with Crippen molar-refractivity contribution >= 4 is 27.6 Å². The van der Waals surface area contributed by atoms with Crippen LogP contribution in [0.5, 0.6) is 0 Å². The van der Waals surface area contributed by atoms with E-state index in [0.717, 1.165) is 16.3 Å². The summed E-state index contributed by atoms with van der Waals surface area (Å²) >= 11 is 0. The van der Waals surface area contributed by atoms with Gasteiger partial charge in [-0.05, 0) is 27.1 Å². The van der Waals surface area contributed by atoms with Crippen molar-refractivity contribution < 1.29 is 14.3 Å². The monoisotopic (exact) mass is 317 g/mol. The first-order valence-corrected chi connectivity index (χ1v) is 7.66. The van der Waals surface area contributed by atoms with Crippen LogP contribution in [-0.2, 0) is 16.1 Å². The summed E-state index contributed by atoms with van der Waals surface area (Å²) in [6.45, 7) is 0.216. The van der Waals surface area contributed by atoms with Crippen LogP contribution in [-0.4, -0.2) is 11.0 Å². The number of carbonyl (C=O) groups excluding carboxylic acids is 1. The Labute approximate surface area is 139 Å². The minimum Gasteiger partial charge on any atom is -0.470 e. The molecule has 24 heavy (non-hydrogen) atoms. The van der Waals surface area contributed by atoms with Crippen molar-refractivity contribution in [1.82, 2.24) is 4.90 Å². The lowest BCUT2D eigenvalue weighted by molar-refractivity contribution is 0.119. The average molecular weight is 317 g/mol. The Kier molecular flexibility index (Phi) is 3.63. The van der Waals surface area contributed by atoms with E-state index in [0.29, 0.717) is 0 Å². The summed E-state index contributed by atoms with van der Waals surface area (Å²) in [4.78, 5) is 13.4. The van der Waals surface area contributed by atoms with Crippen LogP contribution in [0.2, 0.25) is 0 Å². The highest BCUT2D eigenvalue weighted by Gasteiger charge is 2.13. The Morgan fingerprint density at radius 1 is 0.875 bits per heavy atom. The Hall–Kier alpha value is -3.27. The lowest BCUT2D eigenvalue weighted by Crippen LogP contribution is -2.22. The van der Waals surface area contributed by atoms with Crippen molar-refractivity contribution in [2.75, 3.05) is 0 Å². The third-order valence-electron chi connectivity index (χ3n) is 4.04. The summed E-state index contributed by atoms with van der Waals surface area (Å²) in [5.74, 6) is 0. The molecule has 1 heterocycles. The quantitative estimate of drug-likeness (QED) is 0.631. The maximum Gasteiger partial charge on any atom is 0.418 e. The predicted molar refractivity (Wildman–Crippen MR) is 92.8 cm³/mol. The van der Waals surface area contributed by atoms with E-state index in [1.807, 2.05) is 24.3 Å². The summed E-state index contributed by atoms with van der Waals surface area (Å²) in [5, 5.41) is 4.65. The summed E-state index contributed by atoms with van der Waals surface area (Å²) in [6, 6.07) is 18.5. The van der Waals surface area contributed by atoms with Gasteiger partial charge < -0.3 is 9.47 Å². The van der Waals surface area contributed by atoms with Crippen molar-refractivity contribution in [3.63, 3.8) is 0 Å². The van der Waals surface area contributed by atoms with Gasteiger partial charge in [-0.15, -0.1) is 0 Å². The molecule has 1 aliphatic rings. The molecule has 0 bridgehead atoms. The minimum atomic E-state index is -0.441. The molecule has 0 aromatic heterocycles. The molecule has 3 aromatic rings. The molecule has 0 fully saturated rings. The first kappa shape index (κ1) is 14.3. The van der Waals surface area contributed by atoms with Crippen LogP contribution in [0.15, 0.2) is 79.5 Å². The van der Waals surface area contributed by atoms with E-state index in [4.69, 9.17) is 9.47 Å². The Morgan fingerprint density at radius 2 is 1.67 bits per heavy atom. The van der Waals surface area contributed by atoms with E-state index < -0.39 is 6.09 Å². The fraction of sp³-hybridized carbons (Fsp3) is 0.0500. The van der Waals surface area contributed by atoms with Crippen LogP contribution >= 0.6 is 0 Å². The lowest BCUT2D eigenvalue weighted by atomic mass is 9.99. The topological polar surface area (TPSA) is 38.8 Å². The Bertz CT molecular complexity index is 963. The highest BCUT2D eigenvalue weighted by molar-refractivity contribution is 6.08. The van der Waals surface area contributed by atoms with Gasteiger partial charge >= 0.3 is 6.09 Å². The van der Waals surface area contributed by atoms with E-state index in [2.05, 4.69) is 30.3 Å². The minimum absolute atomic E-state index is 0.216. The van der Waals surface area contributed by atoms with Gasteiger partial charge in [0.25, 0.3) is 0 Å². The molecule has 3 aromatic carbocycles. The van der Waals surface area contributed by atoms with Crippen LogP contribution < -0.4 is 0 Å². The molecular weight excluding hydrogens is 302 g/mol. The van der Waals surface area contributed by atoms with Gasteiger partial charge in [0.2, 0.25) is 0 Å². The smallest absolute Gasteiger partial charge is 0.418 e. The Balaban J connectivity index is 1.63. The highest BCUT2D eigenvalue weighted by Crippen LogP contribution is 2.28. The van der Waals surface area contributed by atoms with Crippen molar-refractivity contribution in [3.05, 3.63) is 85.1 Å². The van der Waals surface area contributed by atoms with E-state index in [1.54, 1.807) is 0 Å². The second-order valence-electron chi connectivity index (χ2n) is 5.47. The molecule has 1 amide bonds. The third kappa shape index (κ3) is 2.58. The molecule has 4 rings (SSSR count). The fourth-order valence-electron chi connectivity index (χ4n) is 2.86. The number of ether oxygens (including phenoxy) is 2. The number of nitrogens with zero attached hydrogens (tertiary/aromatic N) is 1. The van der Waals surface area contributed by atoms with E-state index in [-0.39, 0.29) is 6.61 Å². The number of benzene rings is 3. The molecule has 0 unspecified atom stereocenters. The zero-order chi connectivity index (χ0) is 16.4. The van der Waals surface area contributed by atoms with Gasteiger partial charge in [-0.3, -0.25) is 4.90 Å². The van der Waals surface area contributed by atoms with Crippen LogP contribution in [0, 0.1) is 0 Å². The molecule has 0 spiro atoms. The van der Waals surface area contributed by atoms with Crippen molar-refractivity contribution in [2.45, 2.75) is 6.61 Å². The summed E-state index contributed by atoms with van der Waals surface area (Å²) in [6.07, 6.45) is 5.43. The second kappa shape index (κ2) is 6.08. The fourth-order valence-corrected chi connectivity index (χ4v) is 2.86. The Morgan fingerprint density at radius 3 is 2.54 bits per heavy atom. The zero-order valence-corrected chi connectivity index (χ0v) is 12.9. The van der Waals surface area contributed by atoms with Crippen molar-refractivity contribution in [3.8, 4) is 0 Å². The normalized spacial score (nSPS) is 13.2. The molecule has 118 valence electrons. The van der Waals surface area contributed by atoms with Gasteiger partial charge in [-0.1, -0.05) is 54.6 Å². The molecule has 0 atom stereocenters.